The molecule has 2 aliphatic rings. The Bertz CT molecular complexity index is 282. The Morgan fingerprint density at radius 3 is 2.83 bits per heavy atom. The lowest BCUT2D eigenvalue weighted by Crippen LogP contribution is -2.51. The van der Waals surface area contributed by atoms with Crippen LogP contribution in [0.2, 0.25) is 0 Å². The molecule has 1 N–H and O–H groups in total. The summed E-state index contributed by atoms with van der Waals surface area (Å²) in [6, 6.07) is 0.514. The predicted molar refractivity (Wildman–Crippen MR) is 74.5 cm³/mol. The van der Waals surface area contributed by atoms with Gasteiger partial charge >= 0.3 is 0 Å². The number of piperidine rings is 1. The number of nitrogens with one attached hydrogen (secondary N) is 1. The number of carbonyl (C=O) groups is 1. The van der Waals surface area contributed by atoms with E-state index < -0.39 is 0 Å². The van der Waals surface area contributed by atoms with E-state index in [9.17, 15) is 4.79 Å². The van der Waals surface area contributed by atoms with Gasteiger partial charge in [0.2, 0.25) is 5.91 Å². The monoisotopic (exact) mass is 252 g/mol. The highest BCUT2D eigenvalue weighted by atomic mass is 16.2. The molecule has 0 aromatic rings. The topological polar surface area (TPSA) is 32.3 Å². The third-order valence-corrected chi connectivity index (χ3v) is 4.88. The molecule has 0 spiro atoms. The van der Waals surface area contributed by atoms with E-state index in [0.717, 1.165) is 32.5 Å². The largest absolute Gasteiger partial charge is 0.339 e. The number of hydrogen-bond donors (Lipinski definition) is 1. The minimum Gasteiger partial charge on any atom is -0.339 e. The van der Waals surface area contributed by atoms with E-state index in [1.165, 1.54) is 32.1 Å². The van der Waals surface area contributed by atoms with Crippen molar-refractivity contribution >= 4 is 5.91 Å². The smallest absolute Gasteiger partial charge is 0.230 e. The van der Waals surface area contributed by atoms with Crippen LogP contribution < -0.4 is 5.32 Å². The molecule has 18 heavy (non-hydrogen) atoms. The van der Waals surface area contributed by atoms with Gasteiger partial charge in [0.05, 0.1) is 5.41 Å². The SMILES string of the molecule is CCCC1CCCCN1C(=O)C1(CC)CCNC1. The molecule has 3 heteroatoms. The molecule has 0 aromatic heterocycles. The van der Waals surface area contributed by atoms with Crippen molar-refractivity contribution in [2.75, 3.05) is 19.6 Å². The highest BCUT2D eigenvalue weighted by molar-refractivity contribution is 5.83. The summed E-state index contributed by atoms with van der Waals surface area (Å²) in [4.78, 5) is 15.2. The lowest BCUT2D eigenvalue weighted by molar-refractivity contribution is -0.145. The fourth-order valence-corrected chi connectivity index (χ4v) is 3.59. The maximum atomic E-state index is 12.9. The zero-order valence-electron chi connectivity index (χ0n) is 12.0. The maximum absolute atomic E-state index is 12.9. The van der Waals surface area contributed by atoms with Crippen molar-refractivity contribution in [1.82, 2.24) is 10.2 Å². The van der Waals surface area contributed by atoms with E-state index in [-0.39, 0.29) is 5.41 Å². The van der Waals surface area contributed by atoms with Crippen LogP contribution in [0.1, 0.15) is 58.8 Å². The van der Waals surface area contributed by atoms with Crippen LogP contribution in [0.25, 0.3) is 0 Å². The van der Waals surface area contributed by atoms with Gasteiger partial charge in [0.1, 0.15) is 0 Å². The minimum absolute atomic E-state index is 0.0939. The molecule has 2 heterocycles. The second-order valence-corrected chi connectivity index (χ2v) is 6.00. The maximum Gasteiger partial charge on any atom is 0.230 e. The second-order valence-electron chi connectivity index (χ2n) is 6.00. The van der Waals surface area contributed by atoms with Gasteiger partial charge in [-0.25, -0.2) is 0 Å². The van der Waals surface area contributed by atoms with Gasteiger partial charge < -0.3 is 10.2 Å². The van der Waals surface area contributed by atoms with Crippen LogP contribution in [0.15, 0.2) is 0 Å². The van der Waals surface area contributed by atoms with Crippen LogP contribution in [0.5, 0.6) is 0 Å². The summed E-state index contributed by atoms with van der Waals surface area (Å²) in [6.07, 6.45) is 8.08. The van der Waals surface area contributed by atoms with Crippen LogP contribution in [0.3, 0.4) is 0 Å². The fourth-order valence-electron chi connectivity index (χ4n) is 3.59. The normalized spacial score (nSPS) is 32.8. The molecule has 2 rings (SSSR count). The van der Waals surface area contributed by atoms with Crippen LogP contribution in [-0.2, 0) is 4.79 Å². The molecule has 104 valence electrons. The van der Waals surface area contributed by atoms with Crippen molar-refractivity contribution in [3.05, 3.63) is 0 Å². The van der Waals surface area contributed by atoms with Crippen LogP contribution in [0.4, 0.5) is 0 Å². The Morgan fingerprint density at radius 2 is 2.22 bits per heavy atom. The highest BCUT2D eigenvalue weighted by Crippen LogP contribution is 2.34. The van der Waals surface area contributed by atoms with Crippen molar-refractivity contribution in [2.45, 2.75) is 64.8 Å². The second kappa shape index (κ2) is 6.05. The van der Waals surface area contributed by atoms with Crippen molar-refractivity contribution in [3.8, 4) is 0 Å². The van der Waals surface area contributed by atoms with Gasteiger partial charge in [-0.05, 0) is 45.1 Å². The van der Waals surface area contributed by atoms with Crippen molar-refractivity contribution in [2.24, 2.45) is 5.41 Å². The molecule has 2 fully saturated rings. The lowest BCUT2D eigenvalue weighted by Gasteiger charge is -2.41. The summed E-state index contributed by atoms with van der Waals surface area (Å²) in [7, 11) is 0. The molecule has 2 unspecified atom stereocenters. The van der Waals surface area contributed by atoms with E-state index in [4.69, 9.17) is 0 Å². The average molecular weight is 252 g/mol. The third-order valence-electron chi connectivity index (χ3n) is 4.88. The van der Waals surface area contributed by atoms with Gasteiger partial charge in [-0.3, -0.25) is 4.79 Å². The number of likely N-dealkylation sites (tertiary alicyclic amines) is 1. The number of hydrogen-bond acceptors (Lipinski definition) is 2. The van der Waals surface area contributed by atoms with Crippen LogP contribution >= 0.6 is 0 Å². The Balaban J connectivity index is 2.09. The van der Waals surface area contributed by atoms with Gasteiger partial charge in [-0.1, -0.05) is 20.3 Å². The molecule has 1 amide bonds. The quantitative estimate of drug-likeness (QED) is 0.834. The zero-order chi connectivity index (χ0) is 13.0. The van der Waals surface area contributed by atoms with Gasteiger partial charge in [0.15, 0.2) is 0 Å². The van der Waals surface area contributed by atoms with Crippen molar-refractivity contribution in [1.29, 1.82) is 0 Å². The van der Waals surface area contributed by atoms with Crippen LogP contribution in [-0.4, -0.2) is 36.5 Å². The first-order valence-electron chi connectivity index (χ1n) is 7.75. The first-order valence-corrected chi connectivity index (χ1v) is 7.75. The minimum atomic E-state index is -0.0939. The summed E-state index contributed by atoms with van der Waals surface area (Å²) in [5, 5.41) is 3.38. The van der Waals surface area contributed by atoms with Gasteiger partial charge in [0, 0.05) is 19.1 Å². The summed E-state index contributed by atoms with van der Waals surface area (Å²) in [5.41, 5.74) is -0.0939. The van der Waals surface area contributed by atoms with Crippen molar-refractivity contribution < 1.29 is 4.79 Å². The molecular weight excluding hydrogens is 224 g/mol. The molecule has 0 aliphatic carbocycles. The third kappa shape index (κ3) is 2.56. The first kappa shape index (κ1) is 13.9. The van der Waals surface area contributed by atoms with E-state index in [0.29, 0.717) is 11.9 Å². The Labute approximate surface area is 111 Å². The molecule has 0 aromatic carbocycles. The predicted octanol–water partition coefficient (Wildman–Crippen LogP) is 2.56. The number of carbonyl (C=O) groups excluding carboxylic acids is 1. The fraction of sp³-hybridized carbons (Fsp3) is 0.933. The summed E-state index contributed by atoms with van der Waals surface area (Å²) >= 11 is 0. The molecule has 0 saturated carbocycles. The summed E-state index contributed by atoms with van der Waals surface area (Å²) < 4.78 is 0. The molecule has 2 aliphatic heterocycles. The van der Waals surface area contributed by atoms with E-state index >= 15 is 0 Å². The Kier molecular flexibility index (Phi) is 4.66. The lowest BCUT2D eigenvalue weighted by atomic mass is 9.81. The number of amides is 1. The van der Waals surface area contributed by atoms with Crippen molar-refractivity contribution in [3.63, 3.8) is 0 Å². The molecular formula is C15H28N2O. The van der Waals surface area contributed by atoms with Gasteiger partial charge in [-0.2, -0.15) is 0 Å². The number of rotatable bonds is 4. The highest BCUT2D eigenvalue weighted by Gasteiger charge is 2.43. The molecule has 2 atom stereocenters. The molecule has 0 bridgehead atoms. The molecule has 3 nitrogen and oxygen atoms in total. The zero-order valence-corrected chi connectivity index (χ0v) is 12.0. The standard InChI is InChI=1S/C15H28N2O/c1-3-7-13-8-5-6-11-17(13)14(18)15(4-2)9-10-16-12-15/h13,16H,3-12H2,1-2H3. The molecule has 0 radical (unpaired) electrons. The summed E-state index contributed by atoms with van der Waals surface area (Å²) in [6.45, 7) is 7.28. The Hall–Kier alpha value is -0.570. The summed E-state index contributed by atoms with van der Waals surface area (Å²) in [5.74, 6) is 0.438. The van der Waals surface area contributed by atoms with E-state index in [1.54, 1.807) is 0 Å². The average Bonchev–Trinajstić information content (AvgIpc) is 2.89. The Morgan fingerprint density at radius 1 is 1.39 bits per heavy atom. The first-order chi connectivity index (χ1) is 8.73. The van der Waals surface area contributed by atoms with Gasteiger partial charge in [-0.15, -0.1) is 0 Å². The molecule has 2 saturated heterocycles. The van der Waals surface area contributed by atoms with Crippen LogP contribution in [0, 0.1) is 5.41 Å². The van der Waals surface area contributed by atoms with Gasteiger partial charge in [0.25, 0.3) is 0 Å². The number of nitrogens with zero attached hydrogens (tertiary/aromatic N) is 1. The van der Waals surface area contributed by atoms with E-state index in [2.05, 4.69) is 24.1 Å². The van der Waals surface area contributed by atoms with E-state index in [1.807, 2.05) is 0 Å².